The molecule has 1 aliphatic heterocycles. The van der Waals surface area contributed by atoms with Crippen molar-refractivity contribution in [1.29, 1.82) is 0 Å². The van der Waals surface area contributed by atoms with Crippen LogP contribution in [-0.2, 0) is 4.74 Å². The Morgan fingerprint density at radius 3 is 2.04 bits per heavy atom. The fraction of sp³-hybridized carbons (Fsp3) is 0.190. The van der Waals surface area contributed by atoms with E-state index in [0.29, 0.717) is 22.8 Å². The second-order valence-electron chi connectivity index (χ2n) is 6.03. The van der Waals surface area contributed by atoms with E-state index in [4.69, 9.17) is 18.9 Å². The Hall–Kier alpha value is -3.21. The van der Waals surface area contributed by atoms with Crippen LogP contribution in [0.3, 0.4) is 0 Å². The van der Waals surface area contributed by atoms with Crippen LogP contribution >= 0.6 is 0 Å². The molecule has 1 aliphatic rings. The zero-order valence-corrected chi connectivity index (χ0v) is 14.7. The van der Waals surface area contributed by atoms with Crippen molar-refractivity contribution >= 4 is 16.7 Å². The minimum Gasteiger partial charge on any atom is -0.493 e. The standard InChI is InChI=1S/C21H18O5/c1-23-17-10-14(11-18(24-2)20(17)25-3)19-15-8-12-6-4-5-7-13(12)9-16(15)21(22)26-19/h4-11,19H,1-3H3. The molecule has 1 unspecified atom stereocenters. The van der Waals surface area contributed by atoms with Gasteiger partial charge in [-0.25, -0.2) is 4.79 Å². The monoisotopic (exact) mass is 350 g/mol. The van der Waals surface area contributed by atoms with Crippen molar-refractivity contribution in [1.82, 2.24) is 0 Å². The van der Waals surface area contributed by atoms with Gasteiger partial charge in [-0.2, -0.15) is 0 Å². The summed E-state index contributed by atoms with van der Waals surface area (Å²) >= 11 is 0. The van der Waals surface area contributed by atoms with Gasteiger partial charge < -0.3 is 18.9 Å². The van der Waals surface area contributed by atoms with E-state index in [1.165, 1.54) is 0 Å². The number of benzene rings is 3. The van der Waals surface area contributed by atoms with Crippen LogP contribution in [0.15, 0.2) is 48.5 Å². The molecular weight excluding hydrogens is 332 g/mol. The van der Waals surface area contributed by atoms with Gasteiger partial charge in [-0.05, 0) is 35.0 Å². The first-order valence-corrected chi connectivity index (χ1v) is 8.20. The lowest BCUT2D eigenvalue weighted by Crippen LogP contribution is -2.03. The van der Waals surface area contributed by atoms with Crippen molar-refractivity contribution in [3.63, 3.8) is 0 Å². The molecule has 1 heterocycles. The Morgan fingerprint density at radius 1 is 0.846 bits per heavy atom. The molecule has 0 saturated heterocycles. The number of fused-ring (bicyclic) bond motifs is 2. The molecule has 5 heteroatoms. The normalized spacial score (nSPS) is 15.5. The van der Waals surface area contributed by atoms with Gasteiger partial charge in [0.25, 0.3) is 0 Å². The topological polar surface area (TPSA) is 54.0 Å². The Kier molecular flexibility index (Phi) is 3.92. The fourth-order valence-electron chi connectivity index (χ4n) is 3.39. The molecule has 0 aromatic heterocycles. The second kappa shape index (κ2) is 6.26. The molecule has 0 N–H and O–H groups in total. The molecule has 0 aliphatic carbocycles. The van der Waals surface area contributed by atoms with Gasteiger partial charge in [0.2, 0.25) is 5.75 Å². The lowest BCUT2D eigenvalue weighted by atomic mass is 9.95. The summed E-state index contributed by atoms with van der Waals surface area (Å²) in [6, 6.07) is 15.4. The molecule has 0 spiro atoms. The average molecular weight is 350 g/mol. The molecule has 0 radical (unpaired) electrons. The van der Waals surface area contributed by atoms with E-state index >= 15 is 0 Å². The molecule has 0 amide bonds. The zero-order valence-electron chi connectivity index (χ0n) is 14.7. The number of hydrogen-bond acceptors (Lipinski definition) is 5. The van der Waals surface area contributed by atoms with Crippen LogP contribution in [0.2, 0.25) is 0 Å². The predicted octanol–water partition coefficient (Wildman–Crippen LogP) is 4.13. The SMILES string of the molecule is COc1cc(C2OC(=O)c3cc4ccccc4cc32)cc(OC)c1OC. The molecular formula is C21H18O5. The first-order valence-electron chi connectivity index (χ1n) is 8.20. The molecule has 4 rings (SSSR count). The van der Waals surface area contributed by atoms with E-state index in [9.17, 15) is 4.79 Å². The minimum absolute atomic E-state index is 0.329. The maximum atomic E-state index is 12.4. The summed E-state index contributed by atoms with van der Waals surface area (Å²) in [4.78, 5) is 12.4. The summed E-state index contributed by atoms with van der Waals surface area (Å²) in [5.74, 6) is 1.21. The van der Waals surface area contributed by atoms with Crippen LogP contribution in [0.5, 0.6) is 17.2 Å². The van der Waals surface area contributed by atoms with Crippen molar-refractivity contribution in [2.45, 2.75) is 6.10 Å². The molecule has 3 aromatic rings. The van der Waals surface area contributed by atoms with Crippen LogP contribution in [0.25, 0.3) is 10.8 Å². The maximum absolute atomic E-state index is 12.4. The van der Waals surface area contributed by atoms with Gasteiger partial charge in [0, 0.05) is 11.1 Å². The molecule has 3 aromatic carbocycles. The summed E-state index contributed by atoms with van der Waals surface area (Å²) in [5, 5.41) is 2.07. The summed E-state index contributed by atoms with van der Waals surface area (Å²) in [6.45, 7) is 0. The lowest BCUT2D eigenvalue weighted by molar-refractivity contribution is 0.0455. The Morgan fingerprint density at radius 2 is 1.46 bits per heavy atom. The number of ether oxygens (including phenoxy) is 4. The number of cyclic esters (lactones) is 1. The van der Waals surface area contributed by atoms with Gasteiger partial charge in [-0.1, -0.05) is 24.3 Å². The molecule has 1 atom stereocenters. The Bertz CT molecular complexity index is 983. The van der Waals surface area contributed by atoms with Gasteiger partial charge >= 0.3 is 5.97 Å². The van der Waals surface area contributed by atoms with Gasteiger partial charge in [-0.15, -0.1) is 0 Å². The molecule has 5 nitrogen and oxygen atoms in total. The highest BCUT2D eigenvalue weighted by atomic mass is 16.6. The summed E-state index contributed by atoms with van der Waals surface area (Å²) in [6.07, 6.45) is -0.518. The number of hydrogen-bond donors (Lipinski definition) is 0. The quantitative estimate of drug-likeness (QED) is 0.663. The maximum Gasteiger partial charge on any atom is 0.339 e. The van der Waals surface area contributed by atoms with Crippen LogP contribution in [0.1, 0.15) is 27.6 Å². The molecule has 26 heavy (non-hydrogen) atoms. The van der Waals surface area contributed by atoms with Gasteiger partial charge in [0.05, 0.1) is 26.9 Å². The zero-order chi connectivity index (χ0) is 18.3. The molecule has 132 valence electrons. The van der Waals surface area contributed by atoms with Crippen molar-refractivity contribution in [3.8, 4) is 17.2 Å². The van der Waals surface area contributed by atoms with Gasteiger partial charge in [0.1, 0.15) is 0 Å². The number of methoxy groups -OCH3 is 3. The number of rotatable bonds is 4. The average Bonchev–Trinajstić information content (AvgIpc) is 3.00. The third kappa shape index (κ3) is 2.44. The second-order valence-corrected chi connectivity index (χ2v) is 6.03. The molecule has 0 bridgehead atoms. The largest absolute Gasteiger partial charge is 0.493 e. The van der Waals surface area contributed by atoms with Crippen molar-refractivity contribution in [2.75, 3.05) is 21.3 Å². The molecule has 0 fully saturated rings. The van der Waals surface area contributed by atoms with Crippen LogP contribution in [0, 0.1) is 0 Å². The molecule has 0 saturated carbocycles. The summed E-state index contributed by atoms with van der Waals surface area (Å²) in [7, 11) is 4.67. The minimum atomic E-state index is -0.518. The van der Waals surface area contributed by atoms with Crippen molar-refractivity contribution < 1.29 is 23.7 Å². The van der Waals surface area contributed by atoms with Crippen molar-refractivity contribution in [3.05, 3.63) is 65.2 Å². The smallest absolute Gasteiger partial charge is 0.339 e. The highest BCUT2D eigenvalue weighted by Gasteiger charge is 2.34. The predicted molar refractivity (Wildman–Crippen MR) is 97.3 cm³/mol. The first-order chi connectivity index (χ1) is 12.7. The number of carbonyl (C=O) groups excluding carboxylic acids is 1. The Balaban J connectivity index is 1.88. The highest BCUT2D eigenvalue weighted by Crippen LogP contribution is 2.44. The van der Waals surface area contributed by atoms with Crippen LogP contribution in [0.4, 0.5) is 0 Å². The van der Waals surface area contributed by atoms with E-state index in [2.05, 4.69) is 0 Å². The van der Waals surface area contributed by atoms with E-state index in [1.807, 2.05) is 48.5 Å². The first kappa shape index (κ1) is 16.3. The van der Waals surface area contributed by atoms with Gasteiger partial charge in [-0.3, -0.25) is 0 Å². The van der Waals surface area contributed by atoms with E-state index in [0.717, 1.165) is 21.9 Å². The van der Waals surface area contributed by atoms with E-state index in [-0.39, 0.29) is 5.97 Å². The fourth-order valence-corrected chi connectivity index (χ4v) is 3.39. The van der Waals surface area contributed by atoms with Crippen molar-refractivity contribution in [2.24, 2.45) is 0 Å². The third-order valence-corrected chi connectivity index (χ3v) is 4.63. The van der Waals surface area contributed by atoms with E-state index < -0.39 is 6.10 Å². The summed E-state index contributed by atoms with van der Waals surface area (Å²) in [5.41, 5.74) is 2.19. The number of esters is 1. The van der Waals surface area contributed by atoms with Crippen LogP contribution < -0.4 is 14.2 Å². The van der Waals surface area contributed by atoms with E-state index in [1.54, 1.807) is 21.3 Å². The highest BCUT2D eigenvalue weighted by molar-refractivity contribution is 6.00. The third-order valence-electron chi connectivity index (χ3n) is 4.63. The van der Waals surface area contributed by atoms with Gasteiger partial charge in [0.15, 0.2) is 17.6 Å². The lowest BCUT2D eigenvalue weighted by Gasteiger charge is -2.17. The van der Waals surface area contributed by atoms with Crippen LogP contribution in [-0.4, -0.2) is 27.3 Å². The Labute approximate surface area is 151 Å². The summed E-state index contributed by atoms with van der Waals surface area (Å²) < 4.78 is 21.9. The number of carbonyl (C=O) groups is 1.